The number of amides is 1. The molecule has 7 heteroatoms. The molecule has 1 amide bonds. The number of hydrogen-bond acceptors (Lipinski definition) is 4. The first-order valence-corrected chi connectivity index (χ1v) is 10.8. The maximum atomic E-state index is 12.0. The molecule has 0 fully saturated rings. The maximum Gasteiger partial charge on any atom is 0.238 e. The molecule has 28 heavy (non-hydrogen) atoms. The van der Waals surface area contributed by atoms with Crippen LogP contribution in [0.5, 0.6) is 5.75 Å². The van der Waals surface area contributed by atoms with Gasteiger partial charge in [-0.2, -0.15) is 0 Å². The Labute approximate surface area is 167 Å². The van der Waals surface area contributed by atoms with Crippen molar-refractivity contribution in [1.82, 2.24) is 0 Å². The molecule has 0 saturated carbocycles. The molecule has 0 aromatic heterocycles. The lowest BCUT2D eigenvalue weighted by Crippen LogP contribution is -2.15. The SMILES string of the molecule is CCC(C)(C)c1ccc(OCCCC(=O)Nc2ccc(S(N)(=O)=O)cc2)cc1. The predicted octanol–water partition coefficient (Wildman–Crippen LogP) is 3.82. The Morgan fingerprint density at radius 2 is 1.68 bits per heavy atom. The van der Waals surface area contributed by atoms with E-state index in [1.54, 1.807) is 0 Å². The van der Waals surface area contributed by atoms with E-state index < -0.39 is 10.0 Å². The average Bonchev–Trinajstić information content (AvgIpc) is 2.65. The van der Waals surface area contributed by atoms with Crippen LogP contribution in [-0.2, 0) is 20.2 Å². The number of nitrogens with two attached hydrogens (primary N) is 1. The first-order valence-electron chi connectivity index (χ1n) is 9.28. The monoisotopic (exact) mass is 404 g/mol. The van der Waals surface area contributed by atoms with E-state index in [-0.39, 0.29) is 16.2 Å². The van der Waals surface area contributed by atoms with Gasteiger partial charge in [-0.3, -0.25) is 4.79 Å². The lowest BCUT2D eigenvalue weighted by atomic mass is 9.82. The minimum absolute atomic E-state index is 0.00671. The standard InChI is InChI=1S/C21H28N2O4S/c1-4-21(2,3)16-7-11-18(12-8-16)27-15-5-6-20(24)23-17-9-13-19(14-10-17)28(22,25)26/h7-14H,4-6,15H2,1-3H3,(H,23,24)(H2,22,25,26). The Bertz CT molecular complexity index is 889. The molecule has 152 valence electrons. The summed E-state index contributed by atoms with van der Waals surface area (Å²) < 4.78 is 28.1. The maximum absolute atomic E-state index is 12.0. The van der Waals surface area contributed by atoms with Gasteiger partial charge in [0.1, 0.15) is 5.75 Å². The summed E-state index contributed by atoms with van der Waals surface area (Å²) in [6.45, 7) is 7.03. The summed E-state index contributed by atoms with van der Waals surface area (Å²) in [5, 5.41) is 7.76. The molecule has 0 aliphatic heterocycles. The highest BCUT2D eigenvalue weighted by atomic mass is 32.2. The van der Waals surface area contributed by atoms with Gasteiger partial charge in [-0.25, -0.2) is 13.6 Å². The van der Waals surface area contributed by atoms with Gasteiger partial charge in [-0.05, 0) is 60.2 Å². The second-order valence-corrected chi connectivity index (χ2v) is 8.89. The molecule has 0 atom stereocenters. The van der Waals surface area contributed by atoms with Crippen molar-refractivity contribution in [3.8, 4) is 5.75 Å². The minimum Gasteiger partial charge on any atom is -0.494 e. The number of hydrogen-bond donors (Lipinski definition) is 2. The average molecular weight is 405 g/mol. The number of ether oxygens (including phenoxy) is 1. The van der Waals surface area contributed by atoms with Crippen molar-refractivity contribution >= 4 is 21.6 Å². The van der Waals surface area contributed by atoms with E-state index in [1.807, 2.05) is 12.1 Å². The topological polar surface area (TPSA) is 98.5 Å². The first-order chi connectivity index (χ1) is 13.1. The van der Waals surface area contributed by atoms with Crippen LogP contribution in [0.4, 0.5) is 5.69 Å². The van der Waals surface area contributed by atoms with Crippen molar-refractivity contribution in [3.63, 3.8) is 0 Å². The molecule has 0 unspecified atom stereocenters. The number of benzene rings is 2. The van der Waals surface area contributed by atoms with Gasteiger partial charge in [-0.15, -0.1) is 0 Å². The normalized spacial score (nSPS) is 11.9. The summed E-state index contributed by atoms with van der Waals surface area (Å²) in [5.41, 5.74) is 1.94. The lowest BCUT2D eigenvalue weighted by Gasteiger charge is -2.23. The molecule has 0 saturated heterocycles. The Morgan fingerprint density at radius 1 is 1.07 bits per heavy atom. The third-order valence-electron chi connectivity index (χ3n) is 4.80. The van der Waals surface area contributed by atoms with Crippen molar-refractivity contribution in [2.45, 2.75) is 50.3 Å². The first kappa shape index (κ1) is 21.9. The zero-order valence-corrected chi connectivity index (χ0v) is 17.4. The van der Waals surface area contributed by atoms with E-state index in [0.29, 0.717) is 25.1 Å². The molecule has 0 heterocycles. The van der Waals surface area contributed by atoms with E-state index in [4.69, 9.17) is 9.88 Å². The van der Waals surface area contributed by atoms with Crippen LogP contribution in [0, 0.1) is 0 Å². The fraction of sp³-hybridized carbons (Fsp3) is 0.381. The van der Waals surface area contributed by atoms with Crippen LogP contribution in [0.15, 0.2) is 53.4 Å². The van der Waals surface area contributed by atoms with Gasteiger partial charge in [-0.1, -0.05) is 32.9 Å². The van der Waals surface area contributed by atoms with Gasteiger partial charge < -0.3 is 10.1 Å². The fourth-order valence-corrected chi connectivity index (χ4v) is 3.10. The molecule has 0 spiro atoms. The quantitative estimate of drug-likeness (QED) is 0.621. The third kappa shape index (κ3) is 6.35. The third-order valence-corrected chi connectivity index (χ3v) is 5.73. The molecule has 2 rings (SSSR count). The second-order valence-electron chi connectivity index (χ2n) is 7.33. The number of carbonyl (C=O) groups is 1. The van der Waals surface area contributed by atoms with Crippen molar-refractivity contribution in [2.75, 3.05) is 11.9 Å². The number of anilines is 1. The summed E-state index contributed by atoms with van der Waals surface area (Å²) in [7, 11) is -3.73. The highest BCUT2D eigenvalue weighted by molar-refractivity contribution is 7.89. The fourth-order valence-electron chi connectivity index (χ4n) is 2.58. The van der Waals surface area contributed by atoms with Crippen molar-refractivity contribution < 1.29 is 17.9 Å². The molecule has 0 aliphatic carbocycles. The van der Waals surface area contributed by atoms with E-state index in [2.05, 4.69) is 38.2 Å². The molecule has 0 bridgehead atoms. The highest BCUT2D eigenvalue weighted by Crippen LogP contribution is 2.28. The highest BCUT2D eigenvalue weighted by Gasteiger charge is 2.17. The van der Waals surface area contributed by atoms with Gasteiger partial charge in [0.25, 0.3) is 0 Å². The van der Waals surface area contributed by atoms with E-state index in [9.17, 15) is 13.2 Å². The Balaban J connectivity index is 1.75. The van der Waals surface area contributed by atoms with E-state index in [0.717, 1.165) is 12.2 Å². The van der Waals surface area contributed by atoms with Crippen LogP contribution in [0.1, 0.15) is 45.6 Å². The molecule has 0 radical (unpaired) electrons. The minimum atomic E-state index is -3.73. The van der Waals surface area contributed by atoms with Gasteiger partial charge >= 0.3 is 0 Å². The molecule has 0 aliphatic rings. The molecule has 2 aromatic carbocycles. The summed E-state index contributed by atoms with van der Waals surface area (Å²) in [5.74, 6) is 0.627. The summed E-state index contributed by atoms with van der Waals surface area (Å²) in [4.78, 5) is 12.0. The zero-order valence-electron chi connectivity index (χ0n) is 16.6. The van der Waals surface area contributed by atoms with Crippen LogP contribution >= 0.6 is 0 Å². The molecular formula is C21H28N2O4S. The van der Waals surface area contributed by atoms with Crippen molar-refractivity contribution in [2.24, 2.45) is 5.14 Å². The Kier molecular flexibility index (Phi) is 7.21. The van der Waals surface area contributed by atoms with Gasteiger partial charge in [0.2, 0.25) is 15.9 Å². The van der Waals surface area contributed by atoms with Crippen LogP contribution in [0.25, 0.3) is 0 Å². The van der Waals surface area contributed by atoms with Crippen LogP contribution in [0.2, 0.25) is 0 Å². The predicted molar refractivity (Wildman–Crippen MR) is 111 cm³/mol. The second kappa shape index (κ2) is 9.21. The molecule has 3 N–H and O–H groups in total. The molecular weight excluding hydrogens is 376 g/mol. The van der Waals surface area contributed by atoms with Crippen LogP contribution in [-0.4, -0.2) is 20.9 Å². The van der Waals surface area contributed by atoms with E-state index >= 15 is 0 Å². The molecule has 6 nitrogen and oxygen atoms in total. The van der Waals surface area contributed by atoms with Crippen LogP contribution < -0.4 is 15.2 Å². The van der Waals surface area contributed by atoms with Gasteiger partial charge in [0, 0.05) is 12.1 Å². The number of nitrogens with one attached hydrogen (secondary N) is 1. The molecule has 2 aromatic rings. The van der Waals surface area contributed by atoms with Gasteiger partial charge in [0.05, 0.1) is 11.5 Å². The largest absolute Gasteiger partial charge is 0.494 e. The van der Waals surface area contributed by atoms with Gasteiger partial charge in [0.15, 0.2) is 0 Å². The number of rotatable bonds is 9. The Morgan fingerprint density at radius 3 is 2.21 bits per heavy atom. The van der Waals surface area contributed by atoms with Crippen molar-refractivity contribution in [1.29, 1.82) is 0 Å². The number of sulfonamides is 1. The summed E-state index contributed by atoms with van der Waals surface area (Å²) in [6, 6.07) is 13.8. The summed E-state index contributed by atoms with van der Waals surface area (Å²) >= 11 is 0. The van der Waals surface area contributed by atoms with E-state index in [1.165, 1.54) is 29.8 Å². The zero-order chi connectivity index (χ0) is 20.8. The number of primary sulfonamides is 1. The van der Waals surface area contributed by atoms with Crippen molar-refractivity contribution in [3.05, 3.63) is 54.1 Å². The smallest absolute Gasteiger partial charge is 0.238 e. The Hall–Kier alpha value is -2.38. The summed E-state index contributed by atoms with van der Waals surface area (Å²) in [6.07, 6.45) is 1.94. The number of carbonyl (C=O) groups excluding carboxylic acids is 1. The van der Waals surface area contributed by atoms with Crippen LogP contribution in [0.3, 0.4) is 0 Å². The lowest BCUT2D eigenvalue weighted by molar-refractivity contribution is -0.116.